The average Bonchev–Trinajstić information content (AvgIpc) is 2.68. The largest absolute Gasteiger partial charge is 0.369 e. The van der Waals surface area contributed by atoms with Crippen molar-refractivity contribution in [2.24, 2.45) is 16.6 Å². The number of carbonyl (C=O) groups excluding carboxylic acids is 1. The molecule has 0 aromatic heterocycles. The third-order valence-corrected chi connectivity index (χ3v) is 4.96. The van der Waals surface area contributed by atoms with Crippen LogP contribution in [0, 0.1) is 11.7 Å². The highest BCUT2D eigenvalue weighted by Gasteiger charge is 2.16. The molecule has 2 rings (SSSR count). The summed E-state index contributed by atoms with van der Waals surface area (Å²) in [7, 11) is 1.68. The standard InChI is InChI=1S/C20H25FN4OS/c1-23-20(24-11-12-27-18-5-3-2-4-6-18)25-14-16(19(22)26)13-15-7-9-17(21)10-8-15/h2-10,16H,11-14H2,1H3,(H2,22,26)(H2,23,24,25). The van der Waals surface area contributed by atoms with Crippen LogP contribution in [-0.2, 0) is 11.2 Å². The number of hydrogen-bond acceptors (Lipinski definition) is 3. The lowest BCUT2D eigenvalue weighted by Gasteiger charge is -2.17. The Hall–Kier alpha value is -2.54. The predicted molar refractivity (Wildman–Crippen MR) is 109 cm³/mol. The van der Waals surface area contributed by atoms with Crippen molar-refractivity contribution in [1.82, 2.24) is 10.6 Å². The van der Waals surface area contributed by atoms with Crippen molar-refractivity contribution < 1.29 is 9.18 Å². The van der Waals surface area contributed by atoms with Crippen molar-refractivity contribution in [2.45, 2.75) is 11.3 Å². The Morgan fingerprint density at radius 1 is 1.15 bits per heavy atom. The number of benzene rings is 2. The molecule has 7 heteroatoms. The van der Waals surface area contributed by atoms with E-state index in [1.165, 1.54) is 17.0 Å². The molecule has 144 valence electrons. The fraction of sp³-hybridized carbons (Fsp3) is 0.300. The molecule has 5 nitrogen and oxygen atoms in total. The first-order valence-corrected chi connectivity index (χ1v) is 9.73. The Labute approximate surface area is 163 Å². The molecule has 0 fully saturated rings. The van der Waals surface area contributed by atoms with E-state index in [1.54, 1.807) is 30.9 Å². The molecule has 2 aromatic rings. The van der Waals surface area contributed by atoms with E-state index >= 15 is 0 Å². The van der Waals surface area contributed by atoms with Gasteiger partial charge in [-0.1, -0.05) is 30.3 Å². The van der Waals surface area contributed by atoms with Crippen LogP contribution >= 0.6 is 11.8 Å². The zero-order chi connectivity index (χ0) is 19.5. The Bertz CT molecular complexity index is 737. The lowest BCUT2D eigenvalue weighted by atomic mass is 9.98. The number of rotatable bonds is 9. The van der Waals surface area contributed by atoms with Crippen molar-refractivity contribution in [3.05, 3.63) is 66.0 Å². The minimum Gasteiger partial charge on any atom is -0.369 e. The van der Waals surface area contributed by atoms with Crippen molar-refractivity contribution in [3.8, 4) is 0 Å². The molecule has 0 bridgehead atoms. The first-order chi connectivity index (χ1) is 13.1. The molecule has 27 heavy (non-hydrogen) atoms. The molecule has 0 radical (unpaired) electrons. The normalized spacial score (nSPS) is 12.4. The van der Waals surface area contributed by atoms with Gasteiger partial charge in [0.05, 0.1) is 5.92 Å². The highest BCUT2D eigenvalue weighted by molar-refractivity contribution is 7.99. The number of nitrogens with zero attached hydrogens (tertiary/aromatic N) is 1. The molecule has 1 amide bonds. The van der Waals surface area contributed by atoms with E-state index in [9.17, 15) is 9.18 Å². The third kappa shape index (κ3) is 7.70. The number of amides is 1. The first-order valence-electron chi connectivity index (χ1n) is 8.74. The van der Waals surface area contributed by atoms with Gasteiger partial charge < -0.3 is 16.4 Å². The Morgan fingerprint density at radius 2 is 1.85 bits per heavy atom. The highest BCUT2D eigenvalue weighted by Crippen LogP contribution is 2.15. The van der Waals surface area contributed by atoms with Crippen LogP contribution in [0.25, 0.3) is 0 Å². The van der Waals surface area contributed by atoms with Gasteiger partial charge in [0.2, 0.25) is 5.91 Å². The van der Waals surface area contributed by atoms with E-state index in [4.69, 9.17) is 5.73 Å². The molecule has 4 N–H and O–H groups in total. The number of nitrogens with two attached hydrogens (primary N) is 1. The van der Waals surface area contributed by atoms with Crippen LogP contribution in [0.15, 0.2) is 64.5 Å². The van der Waals surface area contributed by atoms with Crippen molar-refractivity contribution in [3.63, 3.8) is 0 Å². The highest BCUT2D eigenvalue weighted by atomic mass is 32.2. The molecule has 0 saturated heterocycles. The van der Waals surface area contributed by atoms with Crippen LogP contribution in [0.5, 0.6) is 0 Å². The number of aliphatic imine (C=N–C) groups is 1. The minimum atomic E-state index is -0.410. The number of hydrogen-bond donors (Lipinski definition) is 3. The maximum Gasteiger partial charge on any atom is 0.222 e. The van der Waals surface area contributed by atoms with Crippen LogP contribution in [0.1, 0.15) is 5.56 Å². The zero-order valence-corrected chi connectivity index (χ0v) is 16.1. The fourth-order valence-corrected chi connectivity index (χ4v) is 3.26. The average molecular weight is 389 g/mol. The lowest BCUT2D eigenvalue weighted by Crippen LogP contribution is -2.43. The molecular weight excluding hydrogens is 363 g/mol. The summed E-state index contributed by atoms with van der Waals surface area (Å²) in [5.41, 5.74) is 6.38. The fourth-order valence-electron chi connectivity index (χ4n) is 2.47. The van der Waals surface area contributed by atoms with E-state index in [-0.39, 0.29) is 5.82 Å². The molecule has 0 aliphatic carbocycles. The maximum atomic E-state index is 13.0. The number of thioether (sulfide) groups is 1. The summed E-state index contributed by atoms with van der Waals surface area (Å²) >= 11 is 1.76. The molecule has 0 aliphatic heterocycles. The van der Waals surface area contributed by atoms with Gasteiger partial charge >= 0.3 is 0 Å². The quantitative estimate of drug-likeness (QED) is 0.267. The summed E-state index contributed by atoms with van der Waals surface area (Å²) in [4.78, 5) is 17.1. The summed E-state index contributed by atoms with van der Waals surface area (Å²) in [5, 5.41) is 6.36. The molecule has 1 unspecified atom stereocenters. The molecule has 0 heterocycles. The number of nitrogens with one attached hydrogen (secondary N) is 2. The SMILES string of the molecule is CN=C(NCCSc1ccccc1)NCC(Cc1ccc(F)cc1)C(N)=O. The van der Waals surface area contributed by atoms with Crippen molar-refractivity contribution >= 4 is 23.6 Å². The molecule has 0 saturated carbocycles. The summed E-state index contributed by atoms with van der Waals surface area (Å²) in [5.74, 6) is 0.397. The second-order valence-corrected chi connectivity index (χ2v) is 7.14. The van der Waals surface area contributed by atoms with Crippen LogP contribution in [-0.4, -0.2) is 37.8 Å². The lowest BCUT2D eigenvalue weighted by molar-refractivity contribution is -0.121. The van der Waals surface area contributed by atoms with Crippen LogP contribution in [0.3, 0.4) is 0 Å². The first kappa shape index (κ1) is 20.8. The summed E-state index contributed by atoms with van der Waals surface area (Å²) in [6, 6.07) is 16.3. The number of guanidine groups is 1. The summed E-state index contributed by atoms with van der Waals surface area (Å²) < 4.78 is 13.0. The molecular formula is C20H25FN4OS. The molecule has 1 atom stereocenters. The van der Waals surface area contributed by atoms with Gasteiger partial charge in [-0.3, -0.25) is 9.79 Å². The smallest absolute Gasteiger partial charge is 0.222 e. The Morgan fingerprint density at radius 3 is 2.48 bits per heavy atom. The van der Waals surface area contributed by atoms with Crippen molar-refractivity contribution in [1.29, 1.82) is 0 Å². The third-order valence-electron chi connectivity index (χ3n) is 3.94. The van der Waals surface area contributed by atoms with Gasteiger partial charge in [0, 0.05) is 30.8 Å². The second kappa shape index (κ2) is 11.2. The summed E-state index contributed by atoms with van der Waals surface area (Å²) in [6.07, 6.45) is 0.448. The van der Waals surface area contributed by atoms with Gasteiger partial charge in [-0.05, 0) is 36.2 Å². The van der Waals surface area contributed by atoms with Crippen LogP contribution < -0.4 is 16.4 Å². The number of halogens is 1. The molecule has 0 spiro atoms. The number of primary amides is 1. The van der Waals surface area contributed by atoms with Gasteiger partial charge in [0.25, 0.3) is 0 Å². The zero-order valence-electron chi connectivity index (χ0n) is 15.3. The topological polar surface area (TPSA) is 79.5 Å². The van der Waals surface area contributed by atoms with E-state index < -0.39 is 11.8 Å². The van der Waals surface area contributed by atoms with Crippen LogP contribution in [0.2, 0.25) is 0 Å². The van der Waals surface area contributed by atoms with Gasteiger partial charge in [0.1, 0.15) is 5.82 Å². The minimum absolute atomic E-state index is 0.300. The second-order valence-electron chi connectivity index (χ2n) is 5.97. The van der Waals surface area contributed by atoms with E-state index in [0.29, 0.717) is 18.9 Å². The van der Waals surface area contributed by atoms with Gasteiger partial charge in [-0.25, -0.2) is 4.39 Å². The monoisotopic (exact) mass is 388 g/mol. The maximum absolute atomic E-state index is 13.0. The van der Waals surface area contributed by atoms with Gasteiger partial charge in [-0.15, -0.1) is 11.8 Å². The van der Waals surface area contributed by atoms with Crippen molar-refractivity contribution in [2.75, 3.05) is 25.9 Å². The Balaban J connectivity index is 1.76. The van der Waals surface area contributed by atoms with Gasteiger partial charge in [0.15, 0.2) is 5.96 Å². The van der Waals surface area contributed by atoms with E-state index in [2.05, 4.69) is 27.8 Å². The van der Waals surface area contributed by atoms with E-state index in [1.807, 2.05) is 18.2 Å². The van der Waals surface area contributed by atoms with E-state index in [0.717, 1.165) is 17.9 Å². The number of carbonyl (C=O) groups is 1. The van der Waals surface area contributed by atoms with Gasteiger partial charge in [-0.2, -0.15) is 0 Å². The predicted octanol–water partition coefficient (Wildman–Crippen LogP) is 2.43. The Kier molecular flexibility index (Phi) is 8.64. The molecule has 2 aromatic carbocycles. The summed E-state index contributed by atoms with van der Waals surface area (Å²) in [6.45, 7) is 1.09. The molecule has 0 aliphatic rings. The van der Waals surface area contributed by atoms with Crippen LogP contribution in [0.4, 0.5) is 4.39 Å².